The van der Waals surface area contributed by atoms with Crippen molar-refractivity contribution in [2.24, 2.45) is 29.6 Å². The van der Waals surface area contributed by atoms with E-state index in [4.69, 9.17) is 0 Å². The normalized spacial score (nSPS) is 38.8. The van der Waals surface area contributed by atoms with Crippen LogP contribution in [0.3, 0.4) is 0 Å². The van der Waals surface area contributed by atoms with Crippen molar-refractivity contribution in [3.63, 3.8) is 0 Å². The van der Waals surface area contributed by atoms with Gasteiger partial charge in [-0.25, -0.2) is 0 Å². The first-order valence-electron chi connectivity index (χ1n) is 8.63. The molecule has 0 aromatic rings. The second-order valence-electron chi connectivity index (χ2n) is 6.89. The van der Waals surface area contributed by atoms with Gasteiger partial charge in [0.05, 0.1) is 0 Å². The predicted molar refractivity (Wildman–Crippen MR) is 82.8 cm³/mol. The Kier molecular flexibility index (Phi) is 7.34. The van der Waals surface area contributed by atoms with Gasteiger partial charge in [0.15, 0.2) is 0 Å². The van der Waals surface area contributed by atoms with Crippen molar-refractivity contribution in [3.8, 4) is 0 Å². The molecule has 1 aliphatic rings. The lowest BCUT2D eigenvalue weighted by Crippen LogP contribution is -2.25. The Labute approximate surface area is 116 Å². The van der Waals surface area contributed by atoms with Gasteiger partial charge < -0.3 is 0 Å². The van der Waals surface area contributed by atoms with Crippen LogP contribution in [0.5, 0.6) is 0 Å². The summed E-state index contributed by atoms with van der Waals surface area (Å²) in [7, 11) is 0. The molecule has 5 unspecified atom stereocenters. The molecule has 0 heteroatoms. The highest BCUT2D eigenvalue weighted by Crippen LogP contribution is 2.40. The van der Waals surface area contributed by atoms with E-state index in [0.717, 1.165) is 29.6 Å². The molecule has 0 bridgehead atoms. The molecule has 0 spiro atoms. The third-order valence-electron chi connectivity index (χ3n) is 5.88. The van der Waals surface area contributed by atoms with Crippen LogP contribution in [0.1, 0.15) is 86.0 Å². The summed E-state index contributed by atoms with van der Waals surface area (Å²) >= 11 is 0. The molecule has 1 rings (SSSR count). The van der Waals surface area contributed by atoms with E-state index in [-0.39, 0.29) is 0 Å². The Morgan fingerprint density at radius 3 is 2.06 bits per heavy atom. The molecule has 0 nitrogen and oxygen atoms in total. The molecule has 0 N–H and O–H groups in total. The maximum absolute atomic E-state index is 2.54. The lowest BCUT2D eigenvalue weighted by molar-refractivity contribution is 0.160. The van der Waals surface area contributed by atoms with Crippen LogP contribution in [-0.2, 0) is 0 Å². The Balaban J connectivity index is 2.78. The van der Waals surface area contributed by atoms with Gasteiger partial charge >= 0.3 is 0 Å². The molecular weight excluding hydrogens is 216 g/mol. The van der Waals surface area contributed by atoms with Gasteiger partial charge in [0.2, 0.25) is 0 Å². The molecule has 0 radical (unpaired) electrons. The second kappa shape index (κ2) is 8.23. The van der Waals surface area contributed by atoms with E-state index >= 15 is 0 Å². The largest absolute Gasteiger partial charge is 0.0654 e. The van der Waals surface area contributed by atoms with Crippen LogP contribution in [0.4, 0.5) is 0 Å². The Hall–Kier alpha value is 0. The SMILES string of the molecule is CCCC1C(CC)CCC(CC)CCC(C)C1C. The zero-order chi connectivity index (χ0) is 13.5. The standard InChI is InChI=1S/C18H36/c1-6-9-18-15(5)14(4)10-11-16(7-2)12-13-17(18)8-3/h14-18H,6-13H2,1-5H3. The number of hydrogen-bond donors (Lipinski definition) is 0. The minimum atomic E-state index is 0.933. The van der Waals surface area contributed by atoms with Crippen molar-refractivity contribution in [2.45, 2.75) is 86.0 Å². The number of rotatable bonds is 4. The minimum absolute atomic E-state index is 0.933. The Bertz CT molecular complexity index is 208. The molecule has 0 aromatic carbocycles. The van der Waals surface area contributed by atoms with Gasteiger partial charge in [0, 0.05) is 0 Å². The first-order valence-corrected chi connectivity index (χ1v) is 8.63. The monoisotopic (exact) mass is 252 g/mol. The topological polar surface area (TPSA) is 0 Å². The fourth-order valence-electron chi connectivity index (χ4n) is 4.17. The molecule has 0 saturated heterocycles. The third kappa shape index (κ3) is 4.28. The van der Waals surface area contributed by atoms with Gasteiger partial charge in [-0.2, -0.15) is 0 Å². The summed E-state index contributed by atoms with van der Waals surface area (Å²) in [4.78, 5) is 0. The zero-order valence-corrected chi connectivity index (χ0v) is 13.5. The third-order valence-corrected chi connectivity index (χ3v) is 5.88. The molecule has 1 fully saturated rings. The summed E-state index contributed by atoms with van der Waals surface area (Å²) in [6, 6.07) is 0. The molecule has 5 atom stereocenters. The van der Waals surface area contributed by atoms with Gasteiger partial charge in [0.25, 0.3) is 0 Å². The summed E-state index contributed by atoms with van der Waals surface area (Å²) in [5, 5.41) is 0. The highest BCUT2D eigenvalue weighted by Gasteiger charge is 2.30. The van der Waals surface area contributed by atoms with Crippen LogP contribution in [0.25, 0.3) is 0 Å². The second-order valence-corrected chi connectivity index (χ2v) is 6.89. The van der Waals surface area contributed by atoms with Gasteiger partial charge in [-0.15, -0.1) is 0 Å². The van der Waals surface area contributed by atoms with Crippen LogP contribution in [0, 0.1) is 29.6 Å². The summed E-state index contributed by atoms with van der Waals surface area (Å²) < 4.78 is 0. The first-order chi connectivity index (χ1) is 8.63. The Morgan fingerprint density at radius 2 is 1.50 bits per heavy atom. The average molecular weight is 252 g/mol. The Morgan fingerprint density at radius 1 is 0.833 bits per heavy atom. The van der Waals surface area contributed by atoms with E-state index in [1.54, 1.807) is 0 Å². The van der Waals surface area contributed by atoms with Crippen LogP contribution in [-0.4, -0.2) is 0 Å². The van der Waals surface area contributed by atoms with Crippen molar-refractivity contribution >= 4 is 0 Å². The maximum atomic E-state index is 2.54. The lowest BCUT2D eigenvalue weighted by atomic mass is 9.72. The molecule has 108 valence electrons. The van der Waals surface area contributed by atoms with Gasteiger partial charge in [0.1, 0.15) is 0 Å². The average Bonchev–Trinajstić information content (AvgIpc) is 2.44. The van der Waals surface area contributed by atoms with Crippen molar-refractivity contribution in [1.29, 1.82) is 0 Å². The van der Waals surface area contributed by atoms with Crippen molar-refractivity contribution in [2.75, 3.05) is 0 Å². The van der Waals surface area contributed by atoms with Crippen LogP contribution in [0.15, 0.2) is 0 Å². The van der Waals surface area contributed by atoms with Gasteiger partial charge in [-0.3, -0.25) is 0 Å². The van der Waals surface area contributed by atoms with Crippen LogP contribution < -0.4 is 0 Å². The summed E-state index contributed by atoms with van der Waals surface area (Å²) in [5.41, 5.74) is 0. The lowest BCUT2D eigenvalue weighted by Gasteiger charge is -2.34. The minimum Gasteiger partial charge on any atom is -0.0654 e. The van der Waals surface area contributed by atoms with E-state index in [2.05, 4.69) is 34.6 Å². The molecule has 0 amide bonds. The molecule has 18 heavy (non-hydrogen) atoms. The molecule has 0 heterocycles. The van der Waals surface area contributed by atoms with Crippen LogP contribution >= 0.6 is 0 Å². The summed E-state index contributed by atoms with van der Waals surface area (Å²) in [5.74, 6) is 4.86. The smallest absolute Gasteiger partial charge is 0.0358 e. The fourth-order valence-corrected chi connectivity index (χ4v) is 4.17. The molecule has 0 aromatic heterocycles. The van der Waals surface area contributed by atoms with E-state index < -0.39 is 0 Å². The zero-order valence-electron chi connectivity index (χ0n) is 13.5. The van der Waals surface area contributed by atoms with Crippen molar-refractivity contribution in [1.82, 2.24) is 0 Å². The maximum Gasteiger partial charge on any atom is -0.0358 e. The highest BCUT2D eigenvalue weighted by atomic mass is 14.4. The van der Waals surface area contributed by atoms with Gasteiger partial charge in [-0.05, 0) is 36.0 Å². The molecule has 1 aliphatic carbocycles. The molecule has 1 saturated carbocycles. The van der Waals surface area contributed by atoms with Gasteiger partial charge in [-0.1, -0.05) is 79.6 Å². The van der Waals surface area contributed by atoms with Crippen LogP contribution in [0.2, 0.25) is 0 Å². The molecular formula is C18H36. The molecule has 0 aliphatic heterocycles. The van der Waals surface area contributed by atoms with E-state index in [9.17, 15) is 0 Å². The fraction of sp³-hybridized carbons (Fsp3) is 1.00. The van der Waals surface area contributed by atoms with E-state index in [1.807, 2.05) is 0 Å². The van der Waals surface area contributed by atoms with Crippen molar-refractivity contribution in [3.05, 3.63) is 0 Å². The number of hydrogen-bond acceptors (Lipinski definition) is 0. The van der Waals surface area contributed by atoms with Crippen molar-refractivity contribution < 1.29 is 0 Å². The van der Waals surface area contributed by atoms with E-state index in [1.165, 1.54) is 51.4 Å². The predicted octanol–water partition coefficient (Wildman–Crippen LogP) is 6.30. The summed E-state index contributed by atoms with van der Waals surface area (Å²) in [6.07, 6.45) is 11.6. The highest BCUT2D eigenvalue weighted by molar-refractivity contribution is 4.80. The summed E-state index contributed by atoms with van der Waals surface area (Å²) in [6.45, 7) is 12.2. The van der Waals surface area contributed by atoms with E-state index in [0.29, 0.717) is 0 Å². The first kappa shape index (κ1) is 16.1. The quantitative estimate of drug-likeness (QED) is 0.550.